The third kappa shape index (κ3) is 1.95. The Labute approximate surface area is 102 Å². The predicted molar refractivity (Wildman–Crippen MR) is 63.6 cm³/mol. The van der Waals surface area contributed by atoms with E-state index in [4.69, 9.17) is 9.47 Å². The summed E-state index contributed by atoms with van der Waals surface area (Å²) in [6, 6.07) is 1.78. The predicted octanol–water partition coefficient (Wildman–Crippen LogP) is 1.36. The van der Waals surface area contributed by atoms with E-state index in [0.29, 0.717) is 31.1 Å². The molecule has 2 aliphatic heterocycles. The molecule has 1 aromatic heterocycles. The lowest BCUT2D eigenvalue weighted by Crippen LogP contribution is -2.20. The summed E-state index contributed by atoms with van der Waals surface area (Å²) in [5.74, 6) is 1.37. The number of amides is 1. The van der Waals surface area contributed by atoms with Gasteiger partial charge in [-0.15, -0.1) is 0 Å². The molecular formula is C11H10N2O3S. The highest BCUT2D eigenvalue weighted by Gasteiger charge is 2.22. The van der Waals surface area contributed by atoms with Gasteiger partial charge in [-0.1, -0.05) is 6.08 Å². The van der Waals surface area contributed by atoms with E-state index in [2.05, 4.69) is 9.71 Å². The van der Waals surface area contributed by atoms with Gasteiger partial charge in [-0.05, 0) is 11.9 Å². The SMILES string of the molecule is O=C1CC=C(c2nccc3c2OCCO3)SN1. The maximum Gasteiger partial charge on any atom is 0.233 e. The third-order valence-electron chi connectivity index (χ3n) is 2.44. The summed E-state index contributed by atoms with van der Waals surface area (Å²) >= 11 is 1.26. The first-order valence-corrected chi connectivity index (χ1v) is 6.07. The fourth-order valence-corrected chi connectivity index (χ4v) is 2.40. The second kappa shape index (κ2) is 4.29. The molecule has 0 radical (unpaired) electrons. The number of aromatic nitrogens is 1. The van der Waals surface area contributed by atoms with Crippen molar-refractivity contribution in [1.29, 1.82) is 0 Å². The van der Waals surface area contributed by atoms with E-state index < -0.39 is 0 Å². The van der Waals surface area contributed by atoms with Crippen molar-refractivity contribution in [2.45, 2.75) is 6.42 Å². The number of rotatable bonds is 1. The zero-order valence-electron chi connectivity index (χ0n) is 8.93. The highest BCUT2D eigenvalue weighted by atomic mass is 32.2. The van der Waals surface area contributed by atoms with Gasteiger partial charge in [-0.2, -0.15) is 0 Å². The largest absolute Gasteiger partial charge is 0.486 e. The topological polar surface area (TPSA) is 60.5 Å². The van der Waals surface area contributed by atoms with Crippen molar-refractivity contribution in [2.75, 3.05) is 13.2 Å². The van der Waals surface area contributed by atoms with E-state index in [1.54, 1.807) is 12.3 Å². The fourth-order valence-electron chi connectivity index (χ4n) is 1.68. The van der Waals surface area contributed by atoms with Crippen molar-refractivity contribution >= 4 is 22.8 Å². The van der Waals surface area contributed by atoms with Crippen molar-refractivity contribution in [2.24, 2.45) is 0 Å². The van der Waals surface area contributed by atoms with Crippen LogP contribution in [0, 0.1) is 0 Å². The molecule has 6 heteroatoms. The molecule has 17 heavy (non-hydrogen) atoms. The molecule has 0 aliphatic carbocycles. The van der Waals surface area contributed by atoms with E-state index >= 15 is 0 Å². The number of nitrogens with one attached hydrogen (secondary N) is 1. The number of fused-ring (bicyclic) bond motifs is 1. The van der Waals surface area contributed by atoms with Gasteiger partial charge in [0, 0.05) is 18.7 Å². The van der Waals surface area contributed by atoms with Gasteiger partial charge in [0.25, 0.3) is 0 Å². The minimum absolute atomic E-state index is 0.000664. The van der Waals surface area contributed by atoms with Crippen LogP contribution in [0.5, 0.6) is 11.5 Å². The summed E-state index contributed by atoms with van der Waals surface area (Å²) in [7, 11) is 0. The Morgan fingerprint density at radius 3 is 3.06 bits per heavy atom. The first kappa shape index (κ1) is 10.5. The maximum absolute atomic E-state index is 11.1. The summed E-state index contributed by atoms with van der Waals surface area (Å²) in [5, 5.41) is 0. The monoisotopic (exact) mass is 250 g/mol. The lowest BCUT2D eigenvalue weighted by Gasteiger charge is -2.21. The molecule has 0 unspecified atom stereocenters. The van der Waals surface area contributed by atoms with Crippen molar-refractivity contribution < 1.29 is 14.3 Å². The second-order valence-corrected chi connectivity index (χ2v) is 4.43. The van der Waals surface area contributed by atoms with Crippen molar-refractivity contribution in [1.82, 2.24) is 9.71 Å². The quantitative estimate of drug-likeness (QED) is 0.763. The van der Waals surface area contributed by atoms with Crippen LogP contribution in [-0.4, -0.2) is 24.1 Å². The van der Waals surface area contributed by atoms with E-state index in [-0.39, 0.29) is 5.91 Å². The highest BCUT2D eigenvalue weighted by molar-refractivity contribution is 8.07. The van der Waals surface area contributed by atoms with Crippen LogP contribution in [0.15, 0.2) is 18.3 Å². The molecule has 0 saturated carbocycles. The molecule has 88 valence electrons. The molecule has 0 spiro atoms. The van der Waals surface area contributed by atoms with Gasteiger partial charge in [0.05, 0.1) is 4.91 Å². The van der Waals surface area contributed by atoms with E-state index in [9.17, 15) is 4.79 Å². The van der Waals surface area contributed by atoms with E-state index in [0.717, 1.165) is 10.6 Å². The normalized spacial score (nSPS) is 18.4. The number of nitrogens with zero attached hydrogens (tertiary/aromatic N) is 1. The zero-order valence-corrected chi connectivity index (χ0v) is 9.75. The molecule has 1 N–H and O–H groups in total. The number of carbonyl (C=O) groups is 1. The van der Waals surface area contributed by atoms with Crippen LogP contribution in [0.3, 0.4) is 0 Å². The highest BCUT2D eigenvalue weighted by Crippen LogP contribution is 2.39. The fraction of sp³-hybridized carbons (Fsp3) is 0.273. The van der Waals surface area contributed by atoms with Crippen LogP contribution in [0.4, 0.5) is 0 Å². The first-order valence-electron chi connectivity index (χ1n) is 5.25. The lowest BCUT2D eigenvalue weighted by molar-refractivity contribution is -0.118. The van der Waals surface area contributed by atoms with Gasteiger partial charge < -0.3 is 9.47 Å². The van der Waals surface area contributed by atoms with Gasteiger partial charge in [-0.25, -0.2) is 0 Å². The second-order valence-electron chi connectivity index (χ2n) is 3.58. The molecule has 0 atom stereocenters. The van der Waals surface area contributed by atoms with Crippen LogP contribution in [0.2, 0.25) is 0 Å². The third-order valence-corrected chi connectivity index (χ3v) is 3.35. The molecule has 1 aromatic rings. The Hall–Kier alpha value is -1.69. The van der Waals surface area contributed by atoms with Crippen molar-refractivity contribution in [3.8, 4) is 11.5 Å². The number of hydrogen-bond donors (Lipinski definition) is 1. The van der Waals surface area contributed by atoms with Gasteiger partial charge in [-0.3, -0.25) is 14.5 Å². The smallest absolute Gasteiger partial charge is 0.233 e. The van der Waals surface area contributed by atoms with Crippen LogP contribution < -0.4 is 14.2 Å². The summed E-state index contributed by atoms with van der Waals surface area (Å²) in [5.41, 5.74) is 0.729. The molecular weight excluding hydrogens is 240 g/mol. The molecule has 0 aromatic carbocycles. The van der Waals surface area contributed by atoms with Crippen LogP contribution in [-0.2, 0) is 4.79 Å². The molecule has 5 nitrogen and oxygen atoms in total. The number of carbonyl (C=O) groups excluding carboxylic acids is 1. The molecule has 3 heterocycles. The zero-order chi connectivity index (χ0) is 11.7. The van der Waals surface area contributed by atoms with Crippen LogP contribution in [0.25, 0.3) is 4.91 Å². The summed E-state index contributed by atoms with van der Waals surface area (Å²) < 4.78 is 13.8. The average Bonchev–Trinajstić information content (AvgIpc) is 2.39. The maximum atomic E-state index is 11.1. The minimum Gasteiger partial charge on any atom is -0.486 e. The molecule has 2 aliphatic rings. The molecule has 1 amide bonds. The first-order chi connectivity index (χ1) is 8.34. The van der Waals surface area contributed by atoms with Crippen LogP contribution >= 0.6 is 11.9 Å². The number of hydrogen-bond acceptors (Lipinski definition) is 5. The van der Waals surface area contributed by atoms with Crippen molar-refractivity contribution in [3.63, 3.8) is 0 Å². The Balaban J connectivity index is 2.00. The van der Waals surface area contributed by atoms with Crippen LogP contribution in [0.1, 0.15) is 12.1 Å². The summed E-state index contributed by atoms with van der Waals surface area (Å²) in [4.78, 5) is 16.3. The summed E-state index contributed by atoms with van der Waals surface area (Å²) in [6.07, 6.45) is 3.90. The minimum atomic E-state index is 0.000664. The molecule has 0 bridgehead atoms. The Morgan fingerprint density at radius 2 is 2.24 bits per heavy atom. The van der Waals surface area contributed by atoms with Gasteiger partial charge in [0.15, 0.2) is 11.5 Å². The van der Waals surface area contributed by atoms with E-state index in [1.807, 2.05) is 6.08 Å². The standard InChI is InChI=1S/C11H10N2O3S/c14-9-2-1-8(17-13-9)10-11-7(3-4-12-10)15-5-6-16-11/h1,3-4H,2,5-6H2,(H,13,14). The van der Waals surface area contributed by atoms with Crippen molar-refractivity contribution in [3.05, 3.63) is 24.0 Å². The molecule has 0 fully saturated rings. The lowest BCUT2D eigenvalue weighted by atomic mass is 10.2. The van der Waals surface area contributed by atoms with Gasteiger partial charge in [0.1, 0.15) is 18.9 Å². The van der Waals surface area contributed by atoms with Gasteiger partial charge in [0.2, 0.25) is 5.91 Å². The molecule has 3 rings (SSSR count). The Morgan fingerprint density at radius 1 is 1.35 bits per heavy atom. The molecule has 0 saturated heterocycles. The van der Waals surface area contributed by atoms with Gasteiger partial charge >= 0.3 is 0 Å². The average molecular weight is 250 g/mol. The Bertz CT molecular complexity index is 501. The Kier molecular flexibility index (Phi) is 2.64. The van der Waals surface area contributed by atoms with E-state index in [1.165, 1.54) is 11.9 Å². The number of ether oxygens (including phenoxy) is 2. The summed E-state index contributed by atoms with van der Waals surface area (Å²) in [6.45, 7) is 1.08. The number of pyridine rings is 1.